The topological polar surface area (TPSA) is 430 Å². The van der Waals surface area contributed by atoms with Crippen molar-refractivity contribution in [3.63, 3.8) is 0 Å². The Labute approximate surface area is 459 Å². The van der Waals surface area contributed by atoms with Crippen molar-refractivity contribution < 1.29 is 72.3 Å². The maximum Gasteiger partial charge on any atom is 0.295 e. The van der Waals surface area contributed by atoms with E-state index < -0.39 is 86.5 Å². The second kappa shape index (κ2) is 25.2. The molecule has 0 aliphatic rings. The standard InChI is InChI=1S/C40H44N12O16S4.K/c53-17-13-51(14-18-54)39-47-35(41-27-3-1-5-31(21-27)69(57,58)59)45-37(49-39)43-29-11-9-25(33(23-29)71(63,64)65)7-8-26-10-12-30(24-34(26)72(66,67)68)44-38-46-36(48-40(50-38)52(15-19-55)16-20-56)42-28-4-2-6-32(22-28)70(60,61)62;/h1-12,21-24,53-56H,13-20H2,(H,57,58,59)(H,60,61,62)(H,63,64,65)(H,66,67,68)(H2,41,43,45,47,49)(H2,42,44,46,48,50);. The third kappa shape index (κ3) is 16.5. The van der Waals surface area contributed by atoms with Crippen molar-refractivity contribution in [2.24, 2.45) is 0 Å². The van der Waals surface area contributed by atoms with Gasteiger partial charge in [-0.15, -0.1) is 0 Å². The van der Waals surface area contributed by atoms with Gasteiger partial charge < -0.3 is 51.5 Å². The van der Waals surface area contributed by atoms with Crippen LogP contribution in [0.15, 0.2) is 105 Å². The first-order chi connectivity index (χ1) is 34.0. The first-order valence-corrected chi connectivity index (χ1v) is 26.3. The van der Waals surface area contributed by atoms with Gasteiger partial charge in [0, 0.05) is 100 Å². The summed E-state index contributed by atoms with van der Waals surface area (Å²) in [7, 11) is -19.3. The summed E-state index contributed by atoms with van der Waals surface area (Å²) in [5.74, 6) is -1.18. The summed E-state index contributed by atoms with van der Waals surface area (Å²) in [5, 5.41) is 49.7. The van der Waals surface area contributed by atoms with E-state index in [1.165, 1.54) is 58.3 Å². The molecule has 0 fully saturated rings. The van der Waals surface area contributed by atoms with Gasteiger partial charge in [-0.3, -0.25) is 18.2 Å². The number of nitrogens with one attached hydrogen (secondary N) is 4. The van der Waals surface area contributed by atoms with E-state index in [0.717, 1.165) is 48.6 Å². The third-order valence-corrected chi connectivity index (χ3v) is 13.1. The molecule has 0 amide bonds. The van der Waals surface area contributed by atoms with Crippen LogP contribution in [0.5, 0.6) is 0 Å². The number of hydrogen-bond acceptors (Lipinski definition) is 24. The zero-order chi connectivity index (χ0) is 52.4. The van der Waals surface area contributed by atoms with E-state index in [-0.39, 0.29) is 147 Å². The largest absolute Gasteiger partial charge is 0.395 e. The van der Waals surface area contributed by atoms with Crippen molar-refractivity contribution in [3.05, 3.63) is 96.1 Å². The van der Waals surface area contributed by atoms with Crippen molar-refractivity contribution in [1.29, 1.82) is 0 Å². The van der Waals surface area contributed by atoms with Gasteiger partial charge in [-0.05, 0) is 71.8 Å². The Hall–Kier alpha value is -5.44. The average molecular weight is 1120 g/mol. The molecule has 12 N–H and O–H groups in total. The van der Waals surface area contributed by atoms with Crippen LogP contribution in [-0.4, -0.2) is 206 Å². The van der Waals surface area contributed by atoms with Gasteiger partial charge >= 0.3 is 0 Å². The van der Waals surface area contributed by atoms with E-state index in [0.29, 0.717) is 0 Å². The van der Waals surface area contributed by atoms with Crippen LogP contribution in [0.2, 0.25) is 0 Å². The van der Waals surface area contributed by atoms with Gasteiger partial charge in [0.1, 0.15) is 9.79 Å². The zero-order valence-electron chi connectivity index (χ0n) is 37.9. The van der Waals surface area contributed by atoms with Gasteiger partial charge in [0.05, 0.1) is 36.2 Å². The van der Waals surface area contributed by atoms with Crippen molar-refractivity contribution in [3.8, 4) is 0 Å². The Kier molecular flexibility index (Phi) is 20.2. The first kappa shape index (κ1) is 58.4. The zero-order valence-corrected chi connectivity index (χ0v) is 44.3. The van der Waals surface area contributed by atoms with E-state index in [1.54, 1.807) is 0 Å². The number of benzene rings is 4. The summed E-state index contributed by atoms with van der Waals surface area (Å²) in [4.78, 5) is 26.1. The summed E-state index contributed by atoms with van der Waals surface area (Å²) in [6.45, 7) is -1.83. The Balaban J connectivity index is 0.00000988. The van der Waals surface area contributed by atoms with Gasteiger partial charge in [-0.2, -0.15) is 63.6 Å². The van der Waals surface area contributed by atoms with Crippen LogP contribution in [0.1, 0.15) is 11.1 Å². The van der Waals surface area contributed by atoms with Gasteiger partial charge in [0.25, 0.3) is 40.5 Å². The molecule has 0 saturated heterocycles. The van der Waals surface area contributed by atoms with Crippen molar-refractivity contribution in [2.75, 3.05) is 83.7 Å². The van der Waals surface area contributed by atoms with Crippen LogP contribution in [0.4, 0.5) is 58.4 Å². The second-order valence-electron chi connectivity index (χ2n) is 14.7. The molecule has 4 aromatic carbocycles. The minimum Gasteiger partial charge on any atom is -0.395 e. The fourth-order valence-corrected chi connectivity index (χ4v) is 8.93. The molecule has 2 aromatic heterocycles. The van der Waals surface area contributed by atoms with Crippen LogP contribution in [0.25, 0.3) is 12.2 Å². The molecule has 0 bridgehead atoms. The van der Waals surface area contributed by atoms with Crippen LogP contribution in [-0.2, 0) is 40.5 Å². The Morgan fingerprint density at radius 1 is 0.411 bits per heavy atom. The van der Waals surface area contributed by atoms with Crippen LogP contribution < -0.4 is 31.1 Å². The molecule has 385 valence electrons. The second-order valence-corrected chi connectivity index (χ2v) is 20.4. The molecule has 0 aliphatic carbocycles. The minimum absolute atomic E-state index is 0. The molecule has 2 heterocycles. The number of aliphatic hydroxyl groups excluding tert-OH is 4. The predicted molar refractivity (Wildman–Crippen MR) is 265 cm³/mol. The molecule has 73 heavy (non-hydrogen) atoms. The molecule has 0 spiro atoms. The van der Waals surface area contributed by atoms with Crippen molar-refractivity contribution in [2.45, 2.75) is 19.6 Å². The van der Waals surface area contributed by atoms with Crippen LogP contribution in [0, 0.1) is 0 Å². The quantitative estimate of drug-likeness (QED) is 0.0231. The molecule has 28 nitrogen and oxygen atoms in total. The van der Waals surface area contributed by atoms with E-state index >= 15 is 0 Å². The van der Waals surface area contributed by atoms with Gasteiger partial charge in [0.15, 0.2) is 0 Å². The average Bonchev–Trinajstić information content (AvgIpc) is 3.30. The SMILES string of the molecule is O=S(=O)(O)c1cccc(Nc2nc(Nc3ccc(C=Cc4ccc(Nc5nc(Nc6cccc(S(=O)(=O)O)c6)nc(N(CCO)CCO)n5)cc4S(=O)(=O)O)c(S(=O)(=O)O)c3)nc(N(CCO)CCO)n2)c1.[K]. The molecular formula is C40H44KN12O16S4. The molecule has 1 radical (unpaired) electrons. The van der Waals surface area contributed by atoms with E-state index in [2.05, 4.69) is 51.2 Å². The van der Waals surface area contributed by atoms with Crippen LogP contribution in [0.3, 0.4) is 0 Å². The normalized spacial score (nSPS) is 12.0. The summed E-state index contributed by atoms with van der Waals surface area (Å²) in [5.41, 5.74) is -0.244. The monoisotopic (exact) mass is 1120 g/mol. The number of aliphatic hydroxyl groups is 4. The van der Waals surface area contributed by atoms with Crippen molar-refractivity contribution >= 4 is 162 Å². The summed E-state index contributed by atoms with van der Waals surface area (Å²) < 4.78 is 138. The fraction of sp³-hybridized carbons (Fsp3) is 0.200. The molecule has 0 atom stereocenters. The molecule has 0 aliphatic heterocycles. The Morgan fingerprint density at radius 2 is 0.712 bits per heavy atom. The number of aromatic nitrogens is 6. The fourth-order valence-electron chi connectivity index (χ4n) is 6.45. The molecule has 0 unspecified atom stereocenters. The maximum atomic E-state index is 12.8. The van der Waals surface area contributed by atoms with E-state index in [1.807, 2.05) is 0 Å². The third-order valence-electron chi connectivity index (χ3n) is 9.61. The molecule has 6 aromatic rings. The summed E-state index contributed by atoms with van der Waals surface area (Å²) in [6.07, 6.45) is 2.25. The summed E-state index contributed by atoms with van der Waals surface area (Å²) in [6, 6.07) is 17.0. The van der Waals surface area contributed by atoms with Crippen molar-refractivity contribution in [1.82, 2.24) is 29.9 Å². The van der Waals surface area contributed by atoms with E-state index in [4.69, 9.17) is 0 Å². The molecular weight excluding hydrogens is 1070 g/mol. The maximum absolute atomic E-state index is 12.8. The van der Waals surface area contributed by atoms with Gasteiger partial charge in [0.2, 0.25) is 35.7 Å². The number of rotatable bonds is 24. The van der Waals surface area contributed by atoms with Gasteiger partial charge in [-0.1, -0.05) is 36.4 Å². The predicted octanol–water partition coefficient (Wildman–Crippen LogP) is 1.39. The molecule has 0 saturated carbocycles. The van der Waals surface area contributed by atoms with Gasteiger partial charge in [-0.25, -0.2) is 0 Å². The Morgan fingerprint density at radius 3 is 0.986 bits per heavy atom. The van der Waals surface area contributed by atoms with Crippen LogP contribution >= 0.6 is 0 Å². The first-order valence-electron chi connectivity index (χ1n) is 20.6. The van der Waals surface area contributed by atoms with E-state index in [9.17, 15) is 72.3 Å². The smallest absolute Gasteiger partial charge is 0.295 e. The number of anilines is 10. The molecule has 6 rings (SSSR count). The number of nitrogens with zero attached hydrogens (tertiary/aromatic N) is 8. The number of hydrogen-bond donors (Lipinski definition) is 12. The Bertz CT molecular complexity index is 3200. The molecule has 33 heteroatoms. The summed E-state index contributed by atoms with van der Waals surface area (Å²) >= 11 is 0. The minimum atomic E-state index is -5.04.